The Labute approximate surface area is 86.2 Å². The Balaban J connectivity index is 3.84. The van der Waals surface area contributed by atoms with Crippen LogP contribution in [0.5, 0.6) is 0 Å². The molecular weight excluding hydrogens is 180 g/mol. The summed E-state index contributed by atoms with van der Waals surface area (Å²) in [4.78, 5) is 11.4. The molecule has 3 N–H and O–H groups in total. The highest BCUT2D eigenvalue weighted by Crippen LogP contribution is 2.17. The zero-order chi connectivity index (χ0) is 11.2. The van der Waals surface area contributed by atoms with E-state index in [0.717, 1.165) is 6.42 Å². The van der Waals surface area contributed by atoms with Crippen molar-refractivity contribution in [2.24, 2.45) is 11.1 Å². The molecule has 0 spiro atoms. The first-order valence-corrected chi connectivity index (χ1v) is 4.95. The number of methoxy groups -OCH3 is 1. The van der Waals surface area contributed by atoms with Crippen molar-refractivity contribution in [3.63, 3.8) is 0 Å². The third kappa shape index (κ3) is 5.19. The molecule has 0 aromatic rings. The molecule has 0 aliphatic carbocycles. The first-order valence-electron chi connectivity index (χ1n) is 4.95. The molecule has 0 rings (SSSR count). The largest absolute Gasteiger partial charge is 0.383 e. The molecule has 0 radical (unpaired) electrons. The van der Waals surface area contributed by atoms with E-state index in [-0.39, 0.29) is 17.9 Å². The molecule has 14 heavy (non-hydrogen) atoms. The summed E-state index contributed by atoms with van der Waals surface area (Å²) in [5, 5.41) is 2.81. The summed E-state index contributed by atoms with van der Waals surface area (Å²) in [5.41, 5.74) is 5.69. The van der Waals surface area contributed by atoms with Gasteiger partial charge in [0.15, 0.2) is 0 Å². The highest BCUT2D eigenvalue weighted by atomic mass is 16.5. The summed E-state index contributed by atoms with van der Waals surface area (Å²) in [5.74, 6) is -0.145. The van der Waals surface area contributed by atoms with Crippen molar-refractivity contribution in [2.75, 3.05) is 20.3 Å². The van der Waals surface area contributed by atoms with Crippen LogP contribution in [0.1, 0.15) is 27.2 Å². The van der Waals surface area contributed by atoms with Gasteiger partial charge in [0.25, 0.3) is 0 Å². The van der Waals surface area contributed by atoms with Gasteiger partial charge in [0.05, 0.1) is 6.61 Å². The summed E-state index contributed by atoms with van der Waals surface area (Å²) in [6.45, 7) is 7.23. The van der Waals surface area contributed by atoms with Crippen LogP contribution < -0.4 is 11.1 Å². The van der Waals surface area contributed by atoms with Crippen molar-refractivity contribution in [3.8, 4) is 0 Å². The lowest BCUT2D eigenvalue weighted by Crippen LogP contribution is -2.46. The average Bonchev–Trinajstić information content (AvgIpc) is 2.15. The van der Waals surface area contributed by atoms with Crippen molar-refractivity contribution in [3.05, 3.63) is 0 Å². The number of amides is 1. The summed E-state index contributed by atoms with van der Waals surface area (Å²) in [6.07, 6.45) is 1.02. The van der Waals surface area contributed by atoms with Gasteiger partial charge >= 0.3 is 0 Å². The molecule has 4 heteroatoms. The van der Waals surface area contributed by atoms with Crippen molar-refractivity contribution in [1.82, 2.24) is 5.32 Å². The van der Waals surface area contributed by atoms with Crippen LogP contribution in [0.15, 0.2) is 0 Å². The van der Waals surface area contributed by atoms with Gasteiger partial charge in [0.1, 0.15) is 6.04 Å². The number of hydrogen-bond donors (Lipinski definition) is 2. The van der Waals surface area contributed by atoms with Crippen LogP contribution in [0.2, 0.25) is 0 Å². The Morgan fingerprint density at radius 1 is 1.57 bits per heavy atom. The van der Waals surface area contributed by atoms with Gasteiger partial charge in [-0.05, 0) is 11.8 Å². The van der Waals surface area contributed by atoms with E-state index < -0.39 is 6.04 Å². The minimum atomic E-state index is -0.562. The van der Waals surface area contributed by atoms with E-state index >= 15 is 0 Å². The molecule has 4 nitrogen and oxygen atoms in total. The van der Waals surface area contributed by atoms with Crippen molar-refractivity contribution >= 4 is 5.91 Å². The van der Waals surface area contributed by atoms with Crippen molar-refractivity contribution in [2.45, 2.75) is 33.2 Å². The normalized spacial score (nSPS) is 13.8. The molecule has 0 aliphatic heterocycles. The smallest absolute Gasteiger partial charge is 0.239 e. The van der Waals surface area contributed by atoms with E-state index in [2.05, 4.69) is 26.1 Å². The minimum Gasteiger partial charge on any atom is -0.383 e. The Morgan fingerprint density at radius 2 is 2.14 bits per heavy atom. The predicted molar refractivity (Wildman–Crippen MR) is 56.9 cm³/mol. The summed E-state index contributed by atoms with van der Waals surface area (Å²) >= 11 is 0. The standard InChI is InChI=1S/C10H22N2O2/c1-5-10(2,3)7-12-9(13)8(11)6-14-4/h8H,5-7,11H2,1-4H3,(H,12,13). The zero-order valence-electron chi connectivity index (χ0n) is 9.59. The van der Waals surface area contributed by atoms with E-state index in [4.69, 9.17) is 10.5 Å². The SMILES string of the molecule is CCC(C)(C)CNC(=O)C(N)COC. The molecule has 1 unspecified atom stereocenters. The Hall–Kier alpha value is -0.610. The van der Waals surface area contributed by atoms with Crippen LogP contribution in [0.3, 0.4) is 0 Å². The average molecular weight is 202 g/mol. The summed E-state index contributed by atoms with van der Waals surface area (Å²) in [7, 11) is 1.53. The second-order valence-corrected chi connectivity index (χ2v) is 4.30. The number of nitrogens with two attached hydrogens (primary N) is 1. The molecule has 0 fully saturated rings. The second kappa shape index (κ2) is 5.98. The van der Waals surface area contributed by atoms with Gasteiger partial charge < -0.3 is 15.8 Å². The van der Waals surface area contributed by atoms with Gasteiger partial charge in [-0.3, -0.25) is 4.79 Å². The summed E-state index contributed by atoms with van der Waals surface area (Å²) in [6, 6.07) is -0.562. The van der Waals surface area contributed by atoms with Crippen LogP contribution in [0.25, 0.3) is 0 Å². The number of hydrogen-bond acceptors (Lipinski definition) is 3. The highest BCUT2D eigenvalue weighted by Gasteiger charge is 2.18. The molecule has 0 saturated carbocycles. The lowest BCUT2D eigenvalue weighted by molar-refractivity contribution is -0.123. The Bertz CT molecular complexity index is 181. The lowest BCUT2D eigenvalue weighted by Gasteiger charge is -2.23. The molecule has 84 valence electrons. The number of carbonyl (C=O) groups is 1. The monoisotopic (exact) mass is 202 g/mol. The maximum atomic E-state index is 11.4. The molecule has 0 aromatic carbocycles. The van der Waals surface area contributed by atoms with E-state index in [0.29, 0.717) is 6.54 Å². The first kappa shape index (κ1) is 13.4. The molecule has 1 atom stereocenters. The van der Waals surface area contributed by atoms with Gasteiger partial charge in [-0.1, -0.05) is 20.8 Å². The lowest BCUT2D eigenvalue weighted by atomic mass is 9.90. The Kier molecular flexibility index (Phi) is 5.72. The van der Waals surface area contributed by atoms with Crippen LogP contribution >= 0.6 is 0 Å². The quantitative estimate of drug-likeness (QED) is 0.659. The second-order valence-electron chi connectivity index (χ2n) is 4.30. The van der Waals surface area contributed by atoms with Gasteiger partial charge in [-0.25, -0.2) is 0 Å². The highest BCUT2D eigenvalue weighted by molar-refractivity contribution is 5.81. The number of rotatable bonds is 6. The first-order chi connectivity index (χ1) is 6.43. The molecule has 0 aliphatic rings. The molecule has 0 bridgehead atoms. The molecule has 1 amide bonds. The number of ether oxygens (including phenoxy) is 1. The van der Waals surface area contributed by atoms with E-state index in [9.17, 15) is 4.79 Å². The predicted octanol–water partition coefficient (Wildman–Crippen LogP) is 0.513. The molecule has 0 saturated heterocycles. The van der Waals surface area contributed by atoms with Crippen LogP contribution in [0, 0.1) is 5.41 Å². The minimum absolute atomic E-state index is 0.127. The molecule has 0 aromatic heterocycles. The fraction of sp³-hybridized carbons (Fsp3) is 0.900. The Morgan fingerprint density at radius 3 is 2.57 bits per heavy atom. The van der Waals surface area contributed by atoms with Gasteiger partial charge in [0.2, 0.25) is 5.91 Å². The van der Waals surface area contributed by atoms with E-state index in [1.54, 1.807) is 0 Å². The van der Waals surface area contributed by atoms with Crippen LogP contribution in [-0.4, -0.2) is 32.2 Å². The number of carbonyl (C=O) groups excluding carboxylic acids is 1. The van der Waals surface area contributed by atoms with Gasteiger partial charge in [-0.15, -0.1) is 0 Å². The summed E-state index contributed by atoms with van der Waals surface area (Å²) < 4.78 is 4.80. The zero-order valence-corrected chi connectivity index (χ0v) is 9.59. The maximum Gasteiger partial charge on any atom is 0.239 e. The fourth-order valence-electron chi connectivity index (χ4n) is 0.838. The fourth-order valence-corrected chi connectivity index (χ4v) is 0.838. The maximum absolute atomic E-state index is 11.4. The topological polar surface area (TPSA) is 64.4 Å². The third-order valence-electron chi connectivity index (χ3n) is 2.38. The van der Waals surface area contributed by atoms with Crippen molar-refractivity contribution < 1.29 is 9.53 Å². The third-order valence-corrected chi connectivity index (χ3v) is 2.38. The van der Waals surface area contributed by atoms with Gasteiger partial charge in [0, 0.05) is 13.7 Å². The van der Waals surface area contributed by atoms with E-state index in [1.807, 2.05) is 0 Å². The molecular formula is C10H22N2O2. The van der Waals surface area contributed by atoms with Gasteiger partial charge in [-0.2, -0.15) is 0 Å². The van der Waals surface area contributed by atoms with Crippen LogP contribution in [-0.2, 0) is 9.53 Å². The van der Waals surface area contributed by atoms with Crippen LogP contribution in [0.4, 0.5) is 0 Å². The molecule has 0 heterocycles. The number of nitrogens with one attached hydrogen (secondary N) is 1. The van der Waals surface area contributed by atoms with E-state index in [1.165, 1.54) is 7.11 Å². The van der Waals surface area contributed by atoms with Crippen molar-refractivity contribution in [1.29, 1.82) is 0 Å².